The lowest BCUT2D eigenvalue weighted by atomic mass is 10.2. The molecule has 0 N–H and O–H groups in total. The summed E-state index contributed by atoms with van der Waals surface area (Å²) in [4.78, 5) is 19.9. The molecule has 0 spiro atoms. The summed E-state index contributed by atoms with van der Waals surface area (Å²) in [6, 6.07) is 13.5. The molecule has 0 fully saturated rings. The Morgan fingerprint density at radius 3 is 2.56 bits per heavy atom. The molecule has 0 saturated heterocycles. The van der Waals surface area contributed by atoms with Gasteiger partial charge in [0.25, 0.3) is 5.56 Å². The zero-order chi connectivity index (χ0) is 17.4. The lowest BCUT2D eigenvalue weighted by Gasteiger charge is -2.25. The Morgan fingerprint density at radius 2 is 1.84 bits per heavy atom. The molecular weight excluding hydrogens is 361 g/mol. The molecule has 2 heterocycles. The molecule has 0 atom stereocenters. The van der Waals surface area contributed by atoms with Crippen molar-refractivity contribution in [3.05, 3.63) is 84.6 Å². The van der Waals surface area contributed by atoms with Gasteiger partial charge in [0.15, 0.2) is 4.80 Å². The Bertz CT molecular complexity index is 1090. The Balaban J connectivity index is 1.70. The lowest BCUT2D eigenvalue weighted by Crippen LogP contribution is -2.42. The molecule has 1 aromatic heterocycles. The molecule has 0 unspecified atom stereocenters. The van der Waals surface area contributed by atoms with E-state index in [9.17, 15) is 9.18 Å². The summed E-state index contributed by atoms with van der Waals surface area (Å²) >= 11 is 7.27. The maximum absolute atomic E-state index is 13.0. The Labute approximate surface area is 151 Å². The van der Waals surface area contributed by atoms with Gasteiger partial charge in [0, 0.05) is 10.7 Å². The normalized spacial score (nSPS) is 14.3. The molecule has 0 bridgehead atoms. The van der Waals surface area contributed by atoms with Crippen LogP contribution in [0.5, 0.6) is 0 Å². The molecule has 7 heteroatoms. The number of halogens is 2. The van der Waals surface area contributed by atoms with Crippen LogP contribution in [0.1, 0.15) is 5.56 Å². The van der Waals surface area contributed by atoms with E-state index in [0.29, 0.717) is 27.7 Å². The third-order valence-electron chi connectivity index (χ3n) is 3.94. The van der Waals surface area contributed by atoms with Gasteiger partial charge in [0.05, 0.1) is 4.53 Å². The first kappa shape index (κ1) is 16.1. The van der Waals surface area contributed by atoms with Gasteiger partial charge < -0.3 is 4.90 Å². The molecule has 3 aromatic rings. The maximum atomic E-state index is 13.0. The van der Waals surface area contributed by atoms with E-state index in [-0.39, 0.29) is 11.4 Å². The van der Waals surface area contributed by atoms with E-state index >= 15 is 0 Å². The first-order valence-electron chi connectivity index (χ1n) is 7.62. The van der Waals surface area contributed by atoms with Crippen molar-refractivity contribution in [3.63, 3.8) is 0 Å². The molecule has 1 aliphatic rings. The quantitative estimate of drug-likeness (QED) is 0.692. The largest absolute Gasteiger partial charge is 0.334 e. The Hall–Kier alpha value is -2.44. The standard InChI is InChI=1S/C18H13ClFN3OS/c19-13-3-7-15(8-4-13)22-10-21-18-23(11-22)17(24)16(25-18)9-12-1-5-14(20)6-2-12/h1-9H,10-11H2/b16-9+. The zero-order valence-electron chi connectivity index (χ0n) is 13.0. The lowest BCUT2D eigenvalue weighted by molar-refractivity contribution is 0.569. The zero-order valence-corrected chi connectivity index (χ0v) is 14.6. The van der Waals surface area contributed by atoms with E-state index in [4.69, 9.17) is 11.6 Å². The number of anilines is 1. The molecule has 4 nitrogen and oxygen atoms in total. The minimum Gasteiger partial charge on any atom is -0.334 e. The molecule has 4 rings (SSSR count). The van der Waals surface area contributed by atoms with Gasteiger partial charge in [-0.25, -0.2) is 9.38 Å². The topological polar surface area (TPSA) is 37.6 Å². The van der Waals surface area contributed by atoms with Crippen LogP contribution in [0.3, 0.4) is 0 Å². The SMILES string of the molecule is O=c1/c(=C\c2ccc(F)cc2)sc2n1CN(c1ccc(Cl)cc1)CN=2. The van der Waals surface area contributed by atoms with E-state index in [1.165, 1.54) is 23.5 Å². The van der Waals surface area contributed by atoms with Crippen molar-refractivity contribution in [1.82, 2.24) is 4.57 Å². The van der Waals surface area contributed by atoms with Crippen LogP contribution in [0.15, 0.2) is 58.3 Å². The van der Waals surface area contributed by atoms with Crippen molar-refractivity contribution >= 4 is 34.7 Å². The predicted octanol–water partition coefficient (Wildman–Crippen LogP) is 2.59. The minimum atomic E-state index is -0.298. The fourth-order valence-electron chi connectivity index (χ4n) is 2.64. The van der Waals surface area contributed by atoms with Crippen LogP contribution >= 0.6 is 22.9 Å². The average molecular weight is 374 g/mol. The van der Waals surface area contributed by atoms with Crippen molar-refractivity contribution in [2.24, 2.45) is 4.99 Å². The summed E-state index contributed by atoms with van der Waals surface area (Å²) in [7, 11) is 0. The highest BCUT2D eigenvalue weighted by Gasteiger charge is 2.15. The fraction of sp³-hybridized carbons (Fsp3) is 0.111. The van der Waals surface area contributed by atoms with Crippen LogP contribution in [0.25, 0.3) is 6.08 Å². The highest BCUT2D eigenvalue weighted by Crippen LogP contribution is 2.18. The molecule has 1 aliphatic heterocycles. The second-order valence-corrected chi connectivity index (χ2v) is 7.08. The number of benzene rings is 2. The highest BCUT2D eigenvalue weighted by atomic mass is 35.5. The first-order chi connectivity index (χ1) is 12.1. The molecule has 2 aromatic carbocycles. The van der Waals surface area contributed by atoms with Crippen LogP contribution in [0.2, 0.25) is 5.02 Å². The van der Waals surface area contributed by atoms with Gasteiger partial charge in [0.2, 0.25) is 0 Å². The van der Waals surface area contributed by atoms with Crippen molar-refractivity contribution in [3.8, 4) is 0 Å². The van der Waals surface area contributed by atoms with Crippen molar-refractivity contribution in [1.29, 1.82) is 0 Å². The Kier molecular flexibility index (Phi) is 4.15. The molecule has 0 aliphatic carbocycles. The molecule has 0 radical (unpaired) electrons. The third kappa shape index (κ3) is 3.23. The summed E-state index contributed by atoms with van der Waals surface area (Å²) in [5.41, 5.74) is 1.65. The minimum absolute atomic E-state index is 0.0910. The van der Waals surface area contributed by atoms with Crippen LogP contribution in [-0.2, 0) is 6.67 Å². The van der Waals surface area contributed by atoms with E-state index in [0.717, 1.165) is 11.3 Å². The van der Waals surface area contributed by atoms with Crippen LogP contribution in [-0.4, -0.2) is 11.2 Å². The summed E-state index contributed by atoms with van der Waals surface area (Å²) in [6.07, 6.45) is 1.76. The number of thiazole rings is 1. The number of aromatic nitrogens is 1. The van der Waals surface area contributed by atoms with E-state index in [1.54, 1.807) is 22.8 Å². The van der Waals surface area contributed by atoms with E-state index in [2.05, 4.69) is 4.99 Å². The average Bonchev–Trinajstić information content (AvgIpc) is 2.93. The summed E-state index contributed by atoms with van der Waals surface area (Å²) in [6.45, 7) is 0.921. The fourth-order valence-corrected chi connectivity index (χ4v) is 3.73. The van der Waals surface area contributed by atoms with Crippen LogP contribution in [0.4, 0.5) is 10.1 Å². The summed E-state index contributed by atoms with van der Waals surface area (Å²) in [5.74, 6) is -0.298. The molecule has 0 saturated carbocycles. The van der Waals surface area contributed by atoms with E-state index in [1.807, 2.05) is 29.2 Å². The van der Waals surface area contributed by atoms with Crippen molar-refractivity contribution in [2.45, 2.75) is 6.67 Å². The van der Waals surface area contributed by atoms with Crippen LogP contribution < -0.4 is 19.8 Å². The monoisotopic (exact) mass is 373 g/mol. The number of nitrogens with zero attached hydrogens (tertiary/aromatic N) is 3. The predicted molar refractivity (Wildman–Crippen MR) is 98.1 cm³/mol. The number of hydrogen-bond acceptors (Lipinski definition) is 4. The Morgan fingerprint density at radius 1 is 1.12 bits per heavy atom. The van der Waals surface area contributed by atoms with E-state index < -0.39 is 0 Å². The number of hydrogen-bond donors (Lipinski definition) is 0. The maximum Gasteiger partial charge on any atom is 0.271 e. The number of rotatable bonds is 2. The molecule has 25 heavy (non-hydrogen) atoms. The van der Waals surface area contributed by atoms with Gasteiger partial charge in [-0.2, -0.15) is 0 Å². The second-order valence-electron chi connectivity index (χ2n) is 5.64. The van der Waals surface area contributed by atoms with Crippen molar-refractivity contribution < 1.29 is 4.39 Å². The van der Waals surface area contributed by atoms with Crippen LogP contribution in [0, 0.1) is 5.82 Å². The molecular formula is C18H13ClFN3OS. The van der Waals surface area contributed by atoms with Gasteiger partial charge in [-0.3, -0.25) is 9.36 Å². The summed E-state index contributed by atoms with van der Waals surface area (Å²) in [5, 5.41) is 0.669. The highest BCUT2D eigenvalue weighted by molar-refractivity contribution is 7.07. The second kappa shape index (κ2) is 6.46. The van der Waals surface area contributed by atoms with Gasteiger partial charge in [-0.1, -0.05) is 35.1 Å². The third-order valence-corrected chi connectivity index (χ3v) is 5.23. The number of fused-ring (bicyclic) bond motifs is 1. The van der Waals surface area contributed by atoms with Gasteiger partial charge in [-0.15, -0.1) is 0 Å². The van der Waals surface area contributed by atoms with Gasteiger partial charge in [-0.05, 0) is 48.0 Å². The molecule has 0 amide bonds. The van der Waals surface area contributed by atoms with Gasteiger partial charge in [0.1, 0.15) is 19.2 Å². The van der Waals surface area contributed by atoms with Gasteiger partial charge >= 0.3 is 0 Å². The first-order valence-corrected chi connectivity index (χ1v) is 8.81. The smallest absolute Gasteiger partial charge is 0.271 e. The molecule has 126 valence electrons. The summed E-state index contributed by atoms with van der Waals surface area (Å²) < 4.78 is 15.3. The van der Waals surface area contributed by atoms with Crippen molar-refractivity contribution in [2.75, 3.05) is 11.6 Å².